The topological polar surface area (TPSA) is 72.3 Å². The van der Waals surface area contributed by atoms with E-state index >= 15 is 0 Å². The minimum Gasteiger partial charge on any atom is -0.370 e. The van der Waals surface area contributed by atoms with Gasteiger partial charge in [-0.3, -0.25) is 4.79 Å². The summed E-state index contributed by atoms with van der Waals surface area (Å²) in [5.74, 6) is 0.183. The lowest BCUT2D eigenvalue weighted by atomic mass is 10.0. The van der Waals surface area contributed by atoms with Crippen LogP contribution in [0.4, 0.5) is 0 Å². The molecule has 1 aromatic rings. The Balaban J connectivity index is 1.43. The first kappa shape index (κ1) is 12.3. The predicted molar refractivity (Wildman–Crippen MR) is 69.9 cm³/mol. The number of nitrogens with zero attached hydrogens (tertiary/aromatic N) is 4. The molecule has 1 aliphatic carbocycles. The van der Waals surface area contributed by atoms with Crippen LogP contribution in [0.5, 0.6) is 0 Å². The number of nitrogens with one attached hydrogen (secondary N) is 1. The van der Waals surface area contributed by atoms with Crippen molar-refractivity contribution in [1.82, 2.24) is 25.2 Å². The van der Waals surface area contributed by atoms with Crippen LogP contribution in [-0.4, -0.2) is 57.6 Å². The molecule has 2 atom stereocenters. The first-order valence-electron chi connectivity index (χ1n) is 7.33. The van der Waals surface area contributed by atoms with Crippen LogP contribution in [0.3, 0.4) is 0 Å². The first-order chi connectivity index (χ1) is 9.81. The summed E-state index contributed by atoms with van der Waals surface area (Å²) in [6, 6.07) is 0.677. The Hall–Kier alpha value is -1.47. The normalized spacial score (nSPS) is 28.9. The fourth-order valence-electron chi connectivity index (χ4n) is 3.04. The summed E-state index contributed by atoms with van der Waals surface area (Å²) in [5.41, 5.74) is 0.997. The van der Waals surface area contributed by atoms with Gasteiger partial charge in [0.25, 0.3) is 0 Å². The molecule has 2 aliphatic heterocycles. The van der Waals surface area contributed by atoms with E-state index in [0.29, 0.717) is 25.7 Å². The summed E-state index contributed by atoms with van der Waals surface area (Å²) in [5, 5.41) is 11.4. The van der Waals surface area contributed by atoms with E-state index in [0.717, 1.165) is 18.7 Å². The minimum absolute atomic E-state index is 0.111. The fourth-order valence-corrected chi connectivity index (χ4v) is 3.04. The molecule has 1 saturated carbocycles. The Labute approximate surface area is 117 Å². The standard InChI is InChI=1S/C13H19N5O2/c19-13(6-14-9-1-2-9)17-4-3-12-11(7-17)18-10(8-20-12)5-15-16-18/h5,9,11-12,14H,1-4,6-8H2/t11-,12-/m0/s1. The number of carbonyl (C=O) groups excluding carboxylic acids is 1. The number of hydrogen-bond donors (Lipinski definition) is 1. The maximum atomic E-state index is 12.2. The number of hydrogen-bond acceptors (Lipinski definition) is 5. The lowest BCUT2D eigenvalue weighted by Gasteiger charge is -2.41. The van der Waals surface area contributed by atoms with Crippen molar-refractivity contribution in [1.29, 1.82) is 0 Å². The Bertz CT molecular complexity index is 513. The van der Waals surface area contributed by atoms with Crippen molar-refractivity contribution in [3.8, 4) is 0 Å². The molecule has 1 N–H and O–H groups in total. The molecular formula is C13H19N5O2. The maximum Gasteiger partial charge on any atom is 0.236 e. The van der Waals surface area contributed by atoms with E-state index < -0.39 is 0 Å². The van der Waals surface area contributed by atoms with Gasteiger partial charge in [-0.05, 0) is 19.3 Å². The molecule has 1 amide bonds. The molecule has 7 nitrogen and oxygen atoms in total. The van der Waals surface area contributed by atoms with Crippen molar-refractivity contribution in [3.05, 3.63) is 11.9 Å². The van der Waals surface area contributed by atoms with E-state index in [1.165, 1.54) is 12.8 Å². The molecule has 7 heteroatoms. The first-order valence-corrected chi connectivity index (χ1v) is 7.33. The zero-order chi connectivity index (χ0) is 13.5. The molecule has 0 spiro atoms. The summed E-state index contributed by atoms with van der Waals surface area (Å²) >= 11 is 0. The van der Waals surface area contributed by atoms with Crippen LogP contribution in [0.2, 0.25) is 0 Å². The third-order valence-electron chi connectivity index (χ3n) is 4.40. The van der Waals surface area contributed by atoms with E-state index in [-0.39, 0.29) is 18.1 Å². The molecule has 0 unspecified atom stereocenters. The van der Waals surface area contributed by atoms with Crippen LogP contribution >= 0.6 is 0 Å². The van der Waals surface area contributed by atoms with Crippen LogP contribution in [0.15, 0.2) is 6.20 Å². The van der Waals surface area contributed by atoms with Crippen LogP contribution in [0, 0.1) is 0 Å². The molecule has 0 bridgehead atoms. The molecule has 3 heterocycles. The number of likely N-dealkylation sites (tertiary alicyclic amines) is 1. The average molecular weight is 277 g/mol. The van der Waals surface area contributed by atoms with Crippen molar-refractivity contribution >= 4 is 5.91 Å². The highest BCUT2D eigenvalue weighted by Crippen LogP contribution is 2.30. The number of rotatable bonds is 3. The Morgan fingerprint density at radius 3 is 3.20 bits per heavy atom. The summed E-state index contributed by atoms with van der Waals surface area (Å²) in [4.78, 5) is 14.2. The number of aromatic nitrogens is 3. The Kier molecular flexibility index (Phi) is 2.96. The monoisotopic (exact) mass is 277 g/mol. The average Bonchev–Trinajstić information content (AvgIpc) is 3.18. The number of piperidine rings is 1. The van der Waals surface area contributed by atoms with Gasteiger partial charge in [-0.25, -0.2) is 4.68 Å². The van der Waals surface area contributed by atoms with Crippen molar-refractivity contribution in [2.24, 2.45) is 0 Å². The molecule has 1 saturated heterocycles. The van der Waals surface area contributed by atoms with Gasteiger partial charge >= 0.3 is 0 Å². The lowest BCUT2D eigenvalue weighted by Crippen LogP contribution is -2.51. The highest BCUT2D eigenvalue weighted by Gasteiger charge is 2.37. The second-order valence-electron chi connectivity index (χ2n) is 5.87. The van der Waals surface area contributed by atoms with Gasteiger partial charge < -0.3 is 15.0 Å². The molecular weight excluding hydrogens is 258 g/mol. The van der Waals surface area contributed by atoms with E-state index in [9.17, 15) is 4.79 Å². The van der Waals surface area contributed by atoms with Gasteiger partial charge in [0, 0.05) is 19.1 Å². The highest BCUT2D eigenvalue weighted by molar-refractivity contribution is 5.78. The third-order valence-corrected chi connectivity index (χ3v) is 4.40. The van der Waals surface area contributed by atoms with Gasteiger partial charge in [0.15, 0.2) is 0 Å². The van der Waals surface area contributed by atoms with Crippen molar-refractivity contribution < 1.29 is 9.53 Å². The van der Waals surface area contributed by atoms with Crippen LogP contribution < -0.4 is 5.32 Å². The van der Waals surface area contributed by atoms with Gasteiger partial charge in [0.05, 0.1) is 37.2 Å². The van der Waals surface area contributed by atoms with Crippen molar-refractivity contribution in [2.75, 3.05) is 19.6 Å². The second-order valence-corrected chi connectivity index (χ2v) is 5.87. The molecule has 0 aromatic carbocycles. The number of carbonyl (C=O) groups is 1. The van der Waals surface area contributed by atoms with Crippen LogP contribution in [0.25, 0.3) is 0 Å². The van der Waals surface area contributed by atoms with Crippen molar-refractivity contribution in [2.45, 2.75) is 44.1 Å². The second kappa shape index (κ2) is 4.82. The van der Waals surface area contributed by atoms with Gasteiger partial charge in [-0.15, -0.1) is 5.10 Å². The third kappa shape index (κ3) is 2.20. The van der Waals surface area contributed by atoms with Gasteiger partial charge in [-0.2, -0.15) is 0 Å². The zero-order valence-electron chi connectivity index (χ0n) is 11.4. The van der Waals surface area contributed by atoms with Gasteiger partial charge in [0.1, 0.15) is 0 Å². The summed E-state index contributed by atoms with van der Waals surface area (Å²) in [6.07, 6.45) is 5.18. The SMILES string of the molecule is O=C(CNC1CC1)N1CC[C@@H]2OCc3cnnn3[C@H]2C1. The summed E-state index contributed by atoms with van der Waals surface area (Å²) < 4.78 is 7.78. The zero-order valence-corrected chi connectivity index (χ0v) is 11.4. The van der Waals surface area contributed by atoms with Gasteiger partial charge in [0.2, 0.25) is 5.91 Å². The minimum atomic E-state index is 0.111. The predicted octanol–water partition coefficient (Wildman–Crippen LogP) is -0.298. The number of ether oxygens (including phenoxy) is 1. The maximum absolute atomic E-state index is 12.2. The quantitative estimate of drug-likeness (QED) is 0.821. The highest BCUT2D eigenvalue weighted by atomic mass is 16.5. The molecule has 1 aromatic heterocycles. The molecule has 4 rings (SSSR count). The molecule has 3 aliphatic rings. The summed E-state index contributed by atoms with van der Waals surface area (Å²) in [6.45, 7) is 2.47. The molecule has 2 fully saturated rings. The lowest BCUT2D eigenvalue weighted by molar-refractivity contribution is -0.137. The largest absolute Gasteiger partial charge is 0.370 e. The van der Waals surface area contributed by atoms with E-state index in [4.69, 9.17) is 4.74 Å². The van der Waals surface area contributed by atoms with E-state index in [1.54, 1.807) is 6.20 Å². The Morgan fingerprint density at radius 2 is 2.35 bits per heavy atom. The molecule has 20 heavy (non-hydrogen) atoms. The molecule has 108 valence electrons. The number of amides is 1. The smallest absolute Gasteiger partial charge is 0.236 e. The van der Waals surface area contributed by atoms with Crippen molar-refractivity contribution in [3.63, 3.8) is 0 Å². The molecule has 0 radical (unpaired) electrons. The van der Waals surface area contributed by atoms with Crippen LogP contribution in [-0.2, 0) is 16.1 Å². The van der Waals surface area contributed by atoms with E-state index in [2.05, 4.69) is 15.6 Å². The van der Waals surface area contributed by atoms with Crippen LogP contribution in [0.1, 0.15) is 31.0 Å². The number of fused-ring (bicyclic) bond motifs is 3. The summed E-state index contributed by atoms with van der Waals surface area (Å²) in [7, 11) is 0. The fraction of sp³-hybridized carbons (Fsp3) is 0.769. The van der Waals surface area contributed by atoms with E-state index in [1.807, 2.05) is 9.58 Å². The van der Waals surface area contributed by atoms with Gasteiger partial charge in [-0.1, -0.05) is 5.21 Å². The Morgan fingerprint density at radius 1 is 1.45 bits per heavy atom.